The maximum Gasteiger partial charge on any atom is 0.138 e. The van der Waals surface area contributed by atoms with Crippen LogP contribution in [0.1, 0.15) is 11.4 Å². The summed E-state index contributed by atoms with van der Waals surface area (Å²) in [6.45, 7) is 1.68. The Morgan fingerprint density at radius 1 is 1.24 bits per heavy atom. The van der Waals surface area contributed by atoms with E-state index in [4.69, 9.17) is 11.6 Å². The molecule has 0 unspecified atom stereocenters. The van der Waals surface area contributed by atoms with Crippen LogP contribution >= 0.6 is 34.2 Å². The zero-order valence-corrected chi connectivity index (χ0v) is 13.9. The van der Waals surface area contributed by atoms with E-state index >= 15 is 0 Å². The number of rotatable bonds is 2. The van der Waals surface area contributed by atoms with Crippen LogP contribution in [0.25, 0.3) is 16.7 Å². The molecule has 2 aromatic carbocycles. The molecule has 0 atom stereocenters. The molecule has 0 spiro atoms. The summed E-state index contributed by atoms with van der Waals surface area (Å²) in [5.41, 5.74) is 2.31. The molecule has 0 amide bonds. The molecule has 0 aliphatic heterocycles. The highest BCUT2D eigenvalue weighted by atomic mass is 127. The number of hydrogen-bond donors (Lipinski definition) is 0. The minimum absolute atomic E-state index is 0.156. The Morgan fingerprint density at radius 2 is 2.00 bits per heavy atom. The van der Waals surface area contributed by atoms with E-state index in [0.29, 0.717) is 31.7 Å². The van der Waals surface area contributed by atoms with Gasteiger partial charge in [0, 0.05) is 11.6 Å². The molecule has 6 heteroatoms. The third kappa shape index (κ3) is 2.42. The number of benzene rings is 2. The minimum atomic E-state index is -0.334. The standard InChI is InChI=1S/C15H10ClF2IN2/c1-8-9(17)3-2-4-13(8)21-14-5-10(18)11(19)6-12(14)20-15(21)7-16/h2-6H,7H2,1H3. The van der Waals surface area contributed by atoms with Gasteiger partial charge < -0.3 is 0 Å². The Labute approximate surface area is 138 Å². The Balaban J connectivity index is 2.40. The Morgan fingerprint density at radius 3 is 2.71 bits per heavy atom. The van der Waals surface area contributed by atoms with Crippen molar-refractivity contribution in [3.8, 4) is 5.69 Å². The highest BCUT2D eigenvalue weighted by Gasteiger charge is 2.16. The maximum absolute atomic E-state index is 13.9. The molecule has 1 heterocycles. The van der Waals surface area contributed by atoms with Gasteiger partial charge >= 0.3 is 0 Å². The molecule has 0 saturated heterocycles. The van der Waals surface area contributed by atoms with Crippen molar-refractivity contribution in [2.75, 3.05) is 0 Å². The van der Waals surface area contributed by atoms with Crippen LogP contribution in [0.4, 0.5) is 8.78 Å². The number of alkyl halides is 1. The molecule has 2 nitrogen and oxygen atoms in total. The summed E-state index contributed by atoms with van der Waals surface area (Å²) in [4.78, 5) is 4.42. The smallest absolute Gasteiger partial charge is 0.138 e. The van der Waals surface area contributed by atoms with Crippen LogP contribution in [0, 0.1) is 22.1 Å². The average molecular weight is 419 g/mol. The van der Waals surface area contributed by atoms with Crippen molar-refractivity contribution in [2.24, 2.45) is 0 Å². The average Bonchev–Trinajstić information content (AvgIpc) is 2.80. The van der Waals surface area contributed by atoms with Crippen LogP contribution in [-0.4, -0.2) is 9.55 Å². The van der Waals surface area contributed by atoms with Gasteiger partial charge in [0.15, 0.2) is 0 Å². The fraction of sp³-hybridized carbons (Fsp3) is 0.133. The third-order valence-corrected chi connectivity index (χ3v) is 4.43. The largest absolute Gasteiger partial charge is 0.295 e. The lowest BCUT2D eigenvalue weighted by atomic mass is 10.2. The van der Waals surface area contributed by atoms with Crippen molar-refractivity contribution < 1.29 is 8.78 Å². The van der Waals surface area contributed by atoms with E-state index in [1.54, 1.807) is 29.7 Å². The van der Waals surface area contributed by atoms with E-state index < -0.39 is 0 Å². The fourth-order valence-electron chi connectivity index (χ4n) is 2.32. The van der Waals surface area contributed by atoms with Gasteiger partial charge in [0.25, 0.3) is 0 Å². The van der Waals surface area contributed by atoms with E-state index in [-0.39, 0.29) is 17.5 Å². The first-order chi connectivity index (χ1) is 10.0. The summed E-state index contributed by atoms with van der Waals surface area (Å²) < 4.78 is 29.9. The van der Waals surface area contributed by atoms with Crippen LogP contribution in [-0.2, 0) is 5.88 Å². The van der Waals surface area contributed by atoms with Crippen molar-refractivity contribution in [3.05, 3.63) is 56.9 Å². The highest BCUT2D eigenvalue weighted by Crippen LogP contribution is 2.28. The Kier molecular flexibility index (Phi) is 3.88. The van der Waals surface area contributed by atoms with Gasteiger partial charge in [0.2, 0.25) is 0 Å². The van der Waals surface area contributed by atoms with Gasteiger partial charge in [-0.3, -0.25) is 4.57 Å². The van der Waals surface area contributed by atoms with Crippen LogP contribution in [0.15, 0.2) is 30.3 Å². The predicted octanol–water partition coefficient (Wildman–Crippen LogP) is 4.96. The summed E-state index contributed by atoms with van der Waals surface area (Å²) in [6, 6.07) is 7.84. The molecule has 3 rings (SSSR count). The first-order valence-corrected chi connectivity index (χ1v) is 7.82. The number of nitrogens with zero attached hydrogens (tertiary/aromatic N) is 2. The lowest BCUT2D eigenvalue weighted by molar-refractivity contribution is 0.616. The van der Waals surface area contributed by atoms with Crippen molar-refractivity contribution in [2.45, 2.75) is 12.8 Å². The normalized spacial score (nSPS) is 11.3. The second-order valence-corrected chi connectivity index (χ2v) is 6.07. The first-order valence-electron chi connectivity index (χ1n) is 6.20. The molecule has 0 aliphatic rings. The summed E-state index contributed by atoms with van der Waals surface area (Å²) in [6.07, 6.45) is 0. The molecule has 0 fully saturated rings. The zero-order chi connectivity index (χ0) is 15.1. The first kappa shape index (κ1) is 14.7. The summed E-state index contributed by atoms with van der Waals surface area (Å²) in [5.74, 6) is 0.0603. The highest BCUT2D eigenvalue weighted by molar-refractivity contribution is 14.1. The zero-order valence-electron chi connectivity index (χ0n) is 11.0. The number of hydrogen-bond acceptors (Lipinski definition) is 1. The maximum atomic E-state index is 13.9. The predicted molar refractivity (Wildman–Crippen MR) is 88.0 cm³/mol. The van der Waals surface area contributed by atoms with E-state index in [2.05, 4.69) is 4.98 Å². The Hall–Kier alpha value is -1.21. The number of aromatic nitrogens is 2. The monoisotopic (exact) mass is 418 g/mol. The third-order valence-electron chi connectivity index (χ3n) is 3.37. The molecule has 21 heavy (non-hydrogen) atoms. The molecule has 0 bridgehead atoms. The van der Waals surface area contributed by atoms with Gasteiger partial charge in [-0.05, 0) is 47.7 Å². The molecule has 3 aromatic rings. The lowest BCUT2D eigenvalue weighted by Gasteiger charge is -2.11. The fourth-order valence-corrected chi connectivity index (χ4v) is 2.95. The molecule has 0 aliphatic carbocycles. The van der Waals surface area contributed by atoms with Crippen LogP contribution < -0.4 is 0 Å². The van der Waals surface area contributed by atoms with Crippen LogP contribution in [0.2, 0.25) is 0 Å². The van der Waals surface area contributed by atoms with Gasteiger partial charge in [0.05, 0.1) is 26.2 Å². The van der Waals surface area contributed by atoms with Gasteiger partial charge in [-0.15, -0.1) is 11.6 Å². The molecule has 0 radical (unpaired) electrons. The van der Waals surface area contributed by atoms with E-state index in [0.717, 1.165) is 0 Å². The Bertz CT molecular complexity index is 845. The molecule has 0 saturated carbocycles. The van der Waals surface area contributed by atoms with Crippen molar-refractivity contribution >= 4 is 45.2 Å². The second kappa shape index (κ2) is 5.53. The minimum Gasteiger partial charge on any atom is -0.295 e. The molecule has 108 valence electrons. The van der Waals surface area contributed by atoms with Crippen molar-refractivity contribution in [1.29, 1.82) is 0 Å². The van der Waals surface area contributed by atoms with Crippen molar-refractivity contribution in [1.82, 2.24) is 9.55 Å². The summed E-state index contributed by atoms with van der Waals surface area (Å²) >= 11 is 7.87. The quantitative estimate of drug-likeness (QED) is 0.425. The van der Waals surface area contributed by atoms with Crippen LogP contribution in [0.3, 0.4) is 0 Å². The van der Waals surface area contributed by atoms with Gasteiger partial charge in [-0.2, -0.15) is 0 Å². The molecule has 0 N–H and O–H groups in total. The topological polar surface area (TPSA) is 17.8 Å². The van der Waals surface area contributed by atoms with E-state index in [1.165, 1.54) is 12.1 Å². The van der Waals surface area contributed by atoms with Crippen LogP contribution in [0.5, 0.6) is 0 Å². The second-order valence-electron chi connectivity index (χ2n) is 4.64. The van der Waals surface area contributed by atoms with Gasteiger partial charge in [-0.1, -0.05) is 6.07 Å². The molecule has 1 aromatic heterocycles. The summed E-state index contributed by atoms with van der Waals surface area (Å²) in [5, 5.41) is 0. The lowest BCUT2D eigenvalue weighted by Crippen LogP contribution is -2.03. The number of fused-ring (bicyclic) bond motifs is 1. The summed E-state index contributed by atoms with van der Waals surface area (Å²) in [7, 11) is 0. The van der Waals surface area contributed by atoms with Gasteiger partial charge in [0.1, 0.15) is 17.5 Å². The number of imidazole rings is 1. The van der Waals surface area contributed by atoms with E-state index in [9.17, 15) is 8.78 Å². The van der Waals surface area contributed by atoms with Gasteiger partial charge in [-0.25, -0.2) is 13.8 Å². The molecular weight excluding hydrogens is 409 g/mol. The number of halogens is 4. The van der Waals surface area contributed by atoms with Crippen molar-refractivity contribution in [3.63, 3.8) is 0 Å². The molecular formula is C15H10ClF2IN2. The SMILES string of the molecule is Cc1c(F)cccc1-n1c(CCl)nc2cc(I)c(F)cc21. The van der Waals surface area contributed by atoms with E-state index in [1.807, 2.05) is 22.6 Å².